The third-order valence-corrected chi connectivity index (χ3v) is 3.15. The van der Waals surface area contributed by atoms with Crippen LogP contribution in [0.1, 0.15) is 18.9 Å². The van der Waals surface area contributed by atoms with Crippen LogP contribution in [0.2, 0.25) is 0 Å². The Labute approximate surface area is 115 Å². The van der Waals surface area contributed by atoms with Crippen molar-refractivity contribution in [3.05, 3.63) is 16.9 Å². The number of carboxylic acids is 1. The van der Waals surface area contributed by atoms with Gasteiger partial charge in [0.25, 0.3) is 0 Å². The average Bonchev–Trinajstić information content (AvgIpc) is 2.76. The first-order valence-electron chi connectivity index (χ1n) is 5.52. The van der Waals surface area contributed by atoms with Crippen LogP contribution in [0.25, 0.3) is 0 Å². The summed E-state index contributed by atoms with van der Waals surface area (Å²) < 4.78 is 34.9. The van der Waals surface area contributed by atoms with Crippen molar-refractivity contribution in [3.63, 3.8) is 0 Å². The van der Waals surface area contributed by atoms with Crippen LogP contribution in [0.5, 0.6) is 0 Å². The molecule has 19 heavy (non-hydrogen) atoms. The van der Waals surface area contributed by atoms with Crippen LogP contribution in [0.15, 0.2) is 16.9 Å². The van der Waals surface area contributed by atoms with Crippen LogP contribution in [0.4, 0.5) is 13.2 Å². The highest BCUT2D eigenvalue weighted by atomic mass is 79.9. The molecule has 1 aliphatic heterocycles. The lowest BCUT2D eigenvalue weighted by molar-refractivity contribution is -0.192. The number of rotatable bonds is 1. The number of halogens is 4. The Hall–Kier alpha value is -1.09. The third kappa shape index (κ3) is 5.19. The predicted molar refractivity (Wildman–Crippen MR) is 64.8 cm³/mol. The van der Waals surface area contributed by atoms with Crippen LogP contribution < -0.4 is 5.32 Å². The zero-order chi connectivity index (χ0) is 14.5. The van der Waals surface area contributed by atoms with E-state index in [2.05, 4.69) is 31.0 Å². The van der Waals surface area contributed by atoms with Gasteiger partial charge in [0.05, 0.1) is 12.2 Å². The minimum Gasteiger partial charge on any atom is -0.475 e. The first-order valence-corrected chi connectivity index (χ1v) is 6.31. The van der Waals surface area contributed by atoms with Crippen molar-refractivity contribution in [2.75, 3.05) is 13.1 Å². The second-order valence-corrected chi connectivity index (χ2v) is 4.70. The van der Waals surface area contributed by atoms with Crippen molar-refractivity contribution in [1.82, 2.24) is 15.1 Å². The summed E-state index contributed by atoms with van der Waals surface area (Å²) in [5.41, 5.74) is 0. The van der Waals surface area contributed by atoms with Crippen molar-refractivity contribution in [3.8, 4) is 0 Å². The van der Waals surface area contributed by atoms with E-state index < -0.39 is 12.1 Å². The molecule has 9 heteroatoms. The van der Waals surface area contributed by atoms with Gasteiger partial charge in [-0.2, -0.15) is 18.3 Å². The molecule has 0 unspecified atom stereocenters. The van der Waals surface area contributed by atoms with E-state index in [4.69, 9.17) is 9.90 Å². The Morgan fingerprint density at radius 1 is 1.47 bits per heavy atom. The van der Waals surface area contributed by atoms with Gasteiger partial charge < -0.3 is 10.4 Å². The molecule has 1 aromatic heterocycles. The van der Waals surface area contributed by atoms with Crippen molar-refractivity contribution in [2.45, 2.75) is 25.1 Å². The summed E-state index contributed by atoms with van der Waals surface area (Å²) in [5.74, 6) is -2.76. The highest BCUT2D eigenvalue weighted by molar-refractivity contribution is 9.10. The number of hydrogen-bond acceptors (Lipinski definition) is 3. The lowest BCUT2D eigenvalue weighted by atomic mass is 10.1. The number of hydrogen-bond donors (Lipinski definition) is 2. The lowest BCUT2D eigenvalue weighted by Crippen LogP contribution is -2.29. The maximum atomic E-state index is 10.6. The molecule has 0 radical (unpaired) electrons. The number of aliphatic carboxylic acids is 1. The number of aromatic nitrogens is 2. The Bertz CT molecular complexity index is 416. The molecule has 0 aliphatic carbocycles. The van der Waals surface area contributed by atoms with Gasteiger partial charge in [0.1, 0.15) is 4.60 Å². The standard InChI is InChI=1S/C8H12BrN3.C2HF3O2/c9-8-3-6-11-12(8)7-1-4-10-5-2-7;3-2(4,5)1(6)7/h3,6-7,10H,1-2,4-5H2;(H,6,7). The molecule has 2 rings (SSSR count). The summed E-state index contributed by atoms with van der Waals surface area (Å²) in [5, 5.41) is 14.7. The number of alkyl halides is 3. The van der Waals surface area contributed by atoms with E-state index in [-0.39, 0.29) is 0 Å². The van der Waals surface area contributed by atoms with Gasteiger partial charge in [-0.1, -0.05) is 0 Å². The Morgan fingerprint density at radius 2 is 2.00 bits per heavy atom. The van der Waals surface area contributed by atoms with Gasteiger partial charge in [-0.25, -0.2) is 4.79 Å². The molecular weight excluding hydrogens is 331 g/mol. The summed E-state index contributed by atoms with van der Waals surface area (Å²) >= 11 is 3.48. The molecule has 0 bridgehead atoms. The molecule has 2 N–H and O–H groups in total. The number of nitrogens with one attached hydrogen (secondary N) is 1. The maximum Gasteiger partial charge on any atom is 0.490 e. The molecule has 108 valence electrons. The van der Waals surface area contributed by atoms with Crippen LogP contribution in [-0.4, -0.2) is 40.1 Å². The Balaban J connectivity index is 0.000000224. The Morgan fingerprint density at radius 3 is 2.37 bits per heavy atom. The Kier molecular flexibility index (Phi) is 5.80. The van der Waals surface area contributed by atoms with Crippen LogP contribution in [-0.2, 0) is 4.79 Å². The smallest absolute Gasteiger partial charge is 0.475 e. The van der Waals surface area contributed by atoms with Crippen molar-refractivity contribution in [2.24, 2.45) is 0 Å². The zero-order valence-electron chi connectivity index (χ0n) is 9.82. The number of piperidine rings is 1. The fourth-order valence-electron chi connectivity index (χ4n) is 1.62. The largest absolute Gasteiger partial charge is 0.490 e. The van der Waals surface area contributed by atoms with Gasteiger partial charge in [-0.3, -0.25) is 4.68 Å². The second kappa shape index (κ2) is 6.90. The molecular formula is C10H13BrF3N3O2. The van der Waals surface area contributed by atoms with Gasteiger partial charge >= 0.3 is 12.1 Å². The van der Waals surface area contributed by atoms with Gasteiger partial charge in [-0.05, 0) is 47.9 Å². The van der Waals surface area contributed by atoms with Crippen LogP contribution in [0, 0.1) is 0 Å². The second-order valence-electron chi connectivity index (χ2n) is 3.88. The molecule has 1 aromatic rings. The van der Waals surface area contributed by atoms with Crippen LogP contribution >= 0.6 is 15.9 Å². The SMILES string of the molecule is Brc1ccnn1C1CCNCC1.O=C(O)C(F)(F)F. The molecule has 1 aliphatic rings. The zero-order valence-corrected chi connectivity index (χ0v) is 11.4. The molecule has 0 saturated carbocycles. The minimum atomic E-state index is -5.08. The minimum absolute atomic E-state index is 0.579. The fourth-order valence-corrected chi connectivity index (χ4v) is 2.12. The summed E-state index contributed by atoms with van der Waals surface area (Å²) in [4.78, 5) is 8.90. The summed E-state index contributed by atoms with van der Waals surface area (Å²) in [6.45, 7) is 2.22. The number of nitrogens with zero attached hydrogens (tertiary/aromatic N) is 2. The van der Waals surface area contributed by atoms with Gasteiger partial charge in [0.2, 0.25) is 0 Å². The van der Waals surface area contributed by atoms with E-state index in [9.17, 15) is 13.2 Å². The van der Waals surface area contributed by atoms with E-state index >= 15 is 0 Å². The van der Waals surface area contributed by atoms with E-state index in [1.54, 1.807) is 0 Å². The van der Waals surface area contributed by atoms with Crippen molar-refractivity contribution < 1.29 is 23.1 Å². The predicted octanol–water partition coefficient (Wildman–Crippen LogP) is 2.20. The van der Waals surface area contributed by atoms with Crippen molar-refractivity contribution in [1.29, 1.82) is 0 Å². The summed E-state index contributed by atoms with van der Waals surface area (Å²) in [6.07, 6.45) is -0.882. The molecule has 1 saturated heterocycles. The van der Waals surface area contributed by atoms with Gasteiger partial charge in [0, 0.05) is 0 Å². The van der Waals surface area contributed by atoms with E-state index in [1.165, 1.54) is 12.8 Å². The first-order chi connectivity index (χ1) is 8.82. The number of carboxylic acid groups (broad SMARTS) is 1. The molecule has 1 fully saturated rings. The van der Waals surface area contributed by atoms with Gasteiger partial charge in [-0.15, -0.1) is 0 Å². The van der Waals surface area contributed by atoms with Gasteiger partial charge in [0.15, 0.2) is 0 Å². The fraction of sp³-hybridized carbons (Fsp3) is 0.600. The summed E-state index contributed by atoms with van der Waals surface area (Å²) in [6, 6.07) is 2.57. The van der Waals surface area contributed by atoms with Crippen molar-refractivity contribution >= 4 is 21.9 Å². The topological polar surface area (TPSA) is 67.2 Å². The molecule has 2 heterocycles. The third-order valence-electron chi connectivity index (χ3n) is 2.52. The first kappa shape index (κ1) is 16.0. The highest BCUT2D eigenvalue weighted by Gasteiger charge is 2.38. The lowest BCUT2D eigenvalue weighted by Gasteiger charge is -2.23. The quantitative estimate of drug-likeness (QED) is 0.820. The molecule has 0 spiro atoms. The van der Waals surface area contributed by atoms with E-state index in [0.717, 1.165) is 17.7 Å². The highest BCUT2D eigenvalue weighted by Crippen LogP contribution is 2.22. The monoisotopic (exact) mass is 343 g/mol. The average molecular weight is 344 g/mol. The molecule has 0 aromatic carbocycles. The molecule has 0 atom stereocenters. The summed E-state index contributed by atoms with van der Waals surface area (Å²) in [7, 11) is 0. The molecule has 5 nitrogen and oxygen atoms in total. The number of carbonyl (C=O) groups is 1. The van der Waals surface area contributed by atoms with Crippen LogP contribution in [0.3, 0.4) is 0 Å². The maximum absolute atomic E-state index is 10.6. The molecule has 0 amide bonds. The normalized spacial score (nSPS) is 16.6. The van der Waals surface area contributed by atoms with E-state index in [0.29, 0.717) is 6.04 Å². The van der Waals surface area contributed by atoms with E-state index in [1.807, 2.05) is 12.3 Å².